The molecule has 0 spiro atoms. The number of carbonyl (C=O) groups is 1. The van der Waals surface area contributed by atoms with Gasteiger partial charge in [0.15, 0.2) is 0 Å². The minimum absolute atomic E-state index is 0.0209. The van der Waals surface area contributed by atoms with E-state index in [0.717, 1.165) is 25.2 Å². The van der Waals surface area contributed by atoms with E-state index in [1.807, 2.05) is 0 Å². The van der Waals surface area contributed by atoms with Gasteiger partial charge in [0, 0.05) is 38.3 Å². The summed E-state index contributed by atoms with van der Waals surface area (Å²) in [6.07, 6.45) is 7.79. The number of carbonyl (C=O) groups excluding carboxylic acids is 1. The van der Waals surface area contributed by atoms with Crippen molar-refractivity contribution in [3.63, 3.8) is 0 Å². The molecule has 1 saturated heterocycles. The summed E-state index contributed by atoms with van der Waals surface area (Å²) < 4.78 is 26.6. The highest BCUT2D eigenvalue weighted by Crippen LogP contribution is 2.23. The predicted octanol–water partition coefficient (Wildman–Crippen LogP) is 3.84. The van der Waals surface area contributed by atoms with E-state index >= 15 is 0 Å². The van der Waals surface area contributed by atoms with E-state index in [9.17, 15) is 13.6 Å². The van der Waals surface area contributed by atoms with Crippen molar-refractivity contribution in [2.24, 2.45) is 0 Å². The smallest absolute Gasteiger partial charge is 0.322 e. The van der Waals surface area contributed by atoms with Crippen molar-refractivity contribution in [2.75, 3.05) is 31.5 Å². The van der Waals surface area contributed by atoms with Gasteiger partial charge in [0.1, 0.15) is 11.6 Å². The predicted molar refractivity (Wildman–Crippen MR) is 90.0 cm³/mol. The summed E-state index contributed by atoms with van der Waals surface area (Å²) in [6.45, 7) is 3.02. The van der Waals surface area contributed by atoms with Crippen molar-refractivity contribution in [1.82, 2.24) is 9.80 Å². The first-order valence-corrected chi connectivity index (χ1v) is 8.88. The number of rotatable bonds is 2. The number of urea groups is 1. The third-order valence-corrected chi connectivity index (χ3v) is 5.12. The number of hydrogen-bond donors (Lipinski definition) is 1. The Morgan fingerprint density at radius 1 is 1.00 bits per heavy atom. The van der Waals surface area contributed by atoms with Crippen molar-refractivity contribution < 1.29 is 13.6 Å². The molecule has 1 aliphatic heterocycles. The van der Waals surface area contributed by atoms with Crippen LogP contribution in [0, 0.1) is 11.6 Å². The third-order valence-electron chi connectivity index (χ3n) is 5.12. The number of benzene rings is 1. The average Bonchev–Trinajstić information content (AvgIpc) is 2.87. The van der Waals surface area contributed by atoms with Crippen molar-refractivity contribution in [3.8, 4) is 0 Å². The molecule has 1 saturated carbocycles. The van der Waals surface area contributed by atoms with Crippen LogP contribution in [0.1, 0.15) is 38.5 Å². The zero-order valence-corrected chi connectivity index (χ0v) is 13.9. The van der Waals surface area contributed by atoms with Gasteiger partial charge in [0.05, 0.1) is 5.69 Å². The first kappa shape index (κ1) is 17.1. The Morgan fingerprint density at radius 3 is 2.29 bits per heavy atom. The molecule has 1 heterocycles. The van der Waals surface area contributed by atoms with E-state index < -0.39 is 11.6 Å². The number of nitrogens with zero attached hydrogens (tertiary/aromatic N) is 2. The fourth-order valence-corrected chi connectivity index (χ4v) is 3.70. The van der Waals surface area contributed by atoms with Gasteiger partial charge >= 0.3 is 6.03 Å². The number of hydrogen-bond acceptors (Lipinski definition) is 2. The maximum Gasteiger partial charge on any atom is 0.322 e. The van der Waals surface area contributed by atoms with Gasteiger partial charge in [0.2, 0.25) is 0 Å². The van der Waals surface area contributed by atoms with Crippen LogP contribution >= 0.6 is 0 Å². The highest BCUT2D eigenvalue weighted by atomic mass is 19.1. The Balaban J connectivity index is 1.51. The van der Waals surface area contributed by atoms with Crippen LogP contribution in [-0.2, 0) is 0 Å². The number of piperazine rings is 1. The minimum atomic E-state index is -0.750. The average molecular weight is 337 g/mol. The lowest BCUT2D eigenvalue weighted by Crippen LogP contribution is -2.52. The van der Waals surface area contributed by atoms with Crippen molar-refractivity contribution >= 4 is 11.7 Å². The fourth-order valence-electron chi connectivity index (χ4n) is 3.70. The summed E-state index contributed by atoms with van der Waals surface area (Å²) in [6, 6.07) is 3.50. The Morgan fingerprint density at radius 2 is 1.67 bits per heavy atom. The van der Waals surface area contributed by atoms with Crippen molar-refractivity contribution in [1.29, 1.82) is 0 Å². The van der Waals surface area contributed by atoms with E-state index in [-0.39, 0.29) is 11.7 Å². The maximum absolute atomic E-state index is 13.6. The van der Waals surface area contributed by atoms with E-state index in [2.05, 4.69) is 10.2 Å². The van der Waals surface area contributed by atoms with E-state index in [1.54, 1.807) is 4.90 Å². The van der Waals surface area contributed by atoms with Gasteiger partial charge < -0.3 is 10.2 Å². The monoisotopic (exact) mass is 337 g/mol. The van der Waals surface area contributed by atoms with Gasteiger partial charge in [-0.2, -0.15) is 0 Å². The lowest BCUT2D eigenvalue weighted by Gasteiger charge is -2.39. The van der Waals surface area contributed by atoms with Gasteiger partial charge in [-0.15, -0.1) is 0 Å². The summed E-state index contributed by atoms with van der Waals surface area (Å²) in [4.78, 5) is 16.5. The Hall–Kier alpha value is -1.69. The summed E-state index contributed by atoms with van der Waals surface area (Å²) in [7, 11) is 0. The molecule has 1 N–H and O–H groups in total. The molecule has 2 aliphatic rings. The minimum Gasteiger partial charge on any atom is -0.322 e. The summed E-state index contributed by atoms with van der Waals surface area (Å²) in [5.74, 6) is -1.40. The van der Waals surface area contributed by atoms with E-state index in [1.165, 1.54) is 44.6 Å². The second kappa shape index (κ2) is 7.92. The second-order valence-electron chi connectivity index (χ2n) is 6.72. The second-order valence-corrected chi connectivity index (χ2v) is 6.72. The lowest BCUT2D eigenvalue weighted by molar-refractivity contribution is 0.105. The third kappa shape index (κ3) is 4.23. The van der Waals surface area contributed by atoms with Gasteiger partial charge in [-0.1, -0.05) is 25.7 Å². The molecule has 132 valence electrons. The number of anilines is 1. The number of halogens is 2. The SMILES string of the molecule is O=C(Nc1ccc(F)cc1F)N1CCN(C2CCCCCC2)CC1. The molecule has 0 atom stereocenters. The van der Waals surface area contributed by atoms with Gasteiger partial charge in [0.25, 0.3) is 0 Å². The molecule has 2 amide bonds. The van der Waals surface area contributed by atoms with Crippen LogP contribution in [0.3, 0.4) is 0 Å². The molecule has 0 unspecified atom stereocenters. The van der Waals surface area contributed by atoms with Crippen LogP contribution < -0.4 is 5.32 Å². The maximum atomic E-state index is 13.6. The largest absolute Gasteiger partial charge is 0.322 e. The molecule has 6 heteroatoms. The van der Waals surface area contributed by atoms with Gasteiger partial charge in [-0.25, -0.2) is 13.6 Å². The van der Waals surface area contributed by atoms with Gasteiger partial charge in [-0.05, 0) is 25.0 Å². The quantitative estimate of drug-likeness (QED) is 0.833. The van der Waals surface area contributed by atoms with Crippen molar-refractivity contribution in [3.05, 3.63) is 29.8 Å². The first-order chi connectivity index (χ1) is 11.6. The molecule has 1 aromatic rings. The molecular formula is C18H25F2N3O. The normalized spacial score (nSPS) is 20.7. The zero-order valence-electron chi connectivity index (χ0n) is 13.9. The lowest BCUT2D eigenvalue weighted by atomic mass is 10.1. The number of nitrogens with one attached hydrogen (secondary N) is 1. The van der Waals surface area contributed by atoms with Crippen LogP contribution in [0.4, 0.5) is 19.3 Å². The molecule has 24 heavy (non-hydrogen) atoms. The summed E-state index contributed by atoms with van der Waals surface area (Å²) in [5, 5.41) is 2.54. The molecule has 0 radical (unpaired) electrons. The standard InChI is InChI=1S/C18H25F2N3O/c19-14-7-8-17(16(20)13-14)21-18(24)23-11-9-22(10-12-23)15-5-3-1-2-4-6-15/h7-8,13,15H,1-6,9-12H2,(H,21,24). The van der Waals surface area contributed by atoms with E-state index in [4.69, 9.17) is 0 Å². The molecular weight excluding hydrogens is 312 g/mol. The summed E-state index contributed by atoms with van der Waals surface area (Å²) >= 11 is 0. The Kier molecular flexibility index (Phi) is 5.66. The van der Waals surface area contributed by atoms with Crippen LogP contribution in [-0.4, -0.2) is 48.1 Å². The Bertz CT molecular complexity index is 565. The molecule has 4 nitrogen and oxygen atoms in total. The molecule has 2 fully saturated rings. The van der Waals surface area contributed by atoms with Crippen molar-refractivity contribution in [2.45, 2.75) is 44.6 Å². The Labute approximate surface area is 141 Å². The van der Waals surface area contributed by atoms with Gasteiger partial charge in [-0.3, -0.25) is 4.90 Å². The van der Waals surface area contributed by atoms with Crippen LogP contribution in [0.5, 0.6) is 0 Å². The molecule has 1 aromatic carbocycles. The number of amides is 2. The van der Waals surface area contributed by atoms with Crippen LogP contribution in [0.15, 0.2) is 18.2 Å². The summed E-state index contributed by atoms with van der Waals surface area (Å²) in [5.41, 5.74) is 0.0209. The highest BCUT2D eigenvalue weighted by molar-refractivity contribution is 5.89. The fraction of sp³-hybridized carbons (Fsp3) is 0.611. The molecule has 0 bridgehead atoms. The van der Waals surface area contributed by atoms with E-state index in [0.29, 0.717) is 19.1 Å². The molecule has 1 aliphatic carbocycles. The van der Waals surface area contributed by atoms with Crippen LogP contribution in [0.2, 0.25) is 0 Å². The topological polar surface area (TPSA) is 35.6 Å². The van der Waals surface area contributed by atoms with Crippen LogP contribution in [0.25, 0.3) is 0 Å². The zero-order chi connectivity index (χ0) is 16.9. The highest BCUT2D eigenvalue weighted by Gasteiger charge is 2.26. The molecule has 3 rings (SSSR count). The molecule has 0 aromatic heterocycles. The first-order valence-electron chi connectivity index (χ1n) is 8.88.